The highest BCUT2D eigenvalue weighted by Crippen LogP contribution is 2.46. The molecule has 2 amide bonds. The molecule has 6 heteroatoms. The van der Waals surface area contributed by atoms with Crippen molar-refractivity contribution in [1.82, 2.24) is 10.6 Å². The van der Waals surface area contributed by atoms with E-state index in [1.54, 1.807) is 12.1 Å². The molecule has 0 aromatic heterocycles. The summed E-state index contributed by atoms with van der Waals surface area (Å²) in [5.41, 5.74) is -0.318. The molecule has 1 aliphatic rings. The van der Waals surface area contributed by atoms with E-state index in [0.29, 0.717) is 35.9 Å². The highest BCUT2D eigenvalue weighted by Gasteiger charge is 2.56. The average molecular weight is 357 g/mol. The third kappa shape index (κ3) is 4.61. The van der Waals surface area contributed by atoms with Crippen molar-refractivity contribution >= 4 is 35.0 Å². The van der Waals surface area contributed by atoms with Crippen molar-refractivity contribution in [3.8, 4) is 0 Å². The molecule has 4 nitrogen and oxygen atoms in total. The Morgan fingerprint density at radius 2 is 1.83 bits per heavy atom. The highest BCUT2D eigenvalue weighted by molar-refractivity contribution is 6.35. The van der Waals surface area contributed by atoms with Crippen LogP contribution in [-0.2, 0) is 16.0 Å². The maximum absolute atomic E-state index is 12.4. The number of halogens is 2. The SMILES string of the molecule is CC(C)(C)NC(=O)C1(C(=O)NCCc2ccc(Cl)cc2Cl)CC1. The number of carbonyl (C=O) groups is 2. The van der Waals surface area contributed by atoms with Gasteiger partial charge in [-0.15, -0.1) is 0 Å². The lowest BCUT2D eigenvalue weighted by Crippen LogP contribution is -2.49. The van der Waals surface area contributed by atoms with Gasteiger partial charge in [-0.1, -0.05) is 29.3 Å². The van der Waals surface area contributed by atoms with Crippen LogP contribution in [-0.4, -0.2) is 23.9 Å². The van der Waals surface area contributed by atoms with Gasteiger partial charge >= 0.3 is 0 Å². The normalized spacial score (nSPS) is 15.9. The first-order valence-corrected chi connectivity index (χ1v) is 8.44. The fourth-order valence-corrected chi connectivity index (χ4v) is 2.85. The molecule has 1 fully saturated rings. The second kappa shape index (κ2) is 6.70. The van der Waals surface area contributed by atoms with E-state index >= 15 is 0 Å². The van der Waals surface area contributed by atoms with Crippen LogP contribution in [0.15, 0.2) is 18.2 Å². The molecule has 1 aromatic rings. The van der Waals surface area contributed by atoms with Gasteiger partial charge in [-0.2, -0.15) is 0 Å². The molecule has 0 radical (unpaired) electrons. The molecular weight excluding hydrogens is 335 g/mol. The van der Waals surface area contributed by atoms with Crippen LogP contribution in [0.1, 0.15) is 39.2 Å². The predicted octanol–water partition coefficient (Wildman–Crippen LogP) is 3.35. The van der Waals surface area contributed by atoms with Crippen LogP contribution in [0.4, 0.5) is 0 Å². The molecule has 0 bridgehead atoms. The topological polar surface area (TPSA) is 58.2 Å². The van der Waals surface area contributed by atoms with Gasteiger partial charge in [0.05, 0.1) is 0 Å². The minimum Gasteiger partial charge on any atom is -0.355 e. The molecule has 0 saturated heterocycles. The Bertz CT molecular complexity index is 620. The summed E-state index contributed by atoms with van der Waals surface area (Å²) in [4.78, 5) is 24.7. The fourth-order valence-electron chi connectivity index (χ4n) is 2.35. The molecular formula is C17H22Cl2N2O2. The second-order valence-electron chi connectivity index (χ2n) is 7.03. The number of benzene rings is 1. The van der Waals surface area contributed by atoms with Crippen molar-refractivity contribution in [2.45, 2.75) is 45.6 Å². The van der Waals surface area contributed by atoms with E-state index in [2.05, 4.69) is 10.6 Å². The van der Waals surface area contributed by atoms with Crippen LogP contribution < -0.4 is 10.6 Å². The van der Waals surface area contributed by atoms with Gasteiger partial charge in [0.1, 0.15) is 5.41 Å². The summed E-state index contributed by atoms with van der Waals surface area (Å²) in [5, 5.41) is 6.91. The van der Waals surface area contributed by atoms with Crippen molar-refractivity contribution in [3.63, 3.8) is 0 Å². The van der Waals surface area contributed by atoms with Gasteiger partial charge in [0.15, 0.2) is 0 Å². The summed E-state index contributed by atoms with van der Waals surface area (Å²) in [6, 6.07) is 5.29. The van der Waals surface area contributed by atoms with E-state index in [-0.39, 0.29) is 17.4 Å². The summed E-state index contributed by atoms with van der Waals surface area (Å²) in [6.45, 7) is 6.15. The third-order valence-corrected chi connectivity index (χ3v) is 4.39. The minimum atomic E-state index is -0.892. The summed E-state index contributed by atoms with van der Waals surface area (Å²) in [6.07, 6.45) is 1.80. The molecule has 2 rings (SSSR count). The van der Waals surface area contributed by atoms with Crippen LogP contribution in [0.3, 0.4) is 0 Å². The molecule has 23 heavy (non-hydrogen) atoms. The Kier molecular flexibility index (Phi) is 5.27. The van der Waals surface area contributed by atoms with Crippen LogP contribution >= 0.6 is 23.2 Å². The van der Waals surface area contributed by atoms with Crippen LogP contribution in [0.25, 0.3) is 0 Å². The lowest BCUT2D eigenvalue weighted by atomic mass is 10.0. The monoisotopic (exact) mass is 356 g/mol. The van der Waals surface area contributed by atoms with E-state index < -0.39 is 5.41 Å². The maximum Gasteiger partial charge on any atom is 0.236 e. The van der Waals surface area contributed by atoms with E-state index in [1.165, 1.54) is 0 Å². The fraction of sp³-hybridized carbons (Fsp3) is 0.529. The standard InChI is InChI=1S/C17H22Cl2N2O2/c1-16(2,3)21-15(23)17(7-8-17)14(22)20-9-6-11-4-5-12(18)10-13(11)19/h4-5,10H,6-9H2,1-3H3,(H,20,22)(H,21,23). The molecule has 1 saturated carbocycles. The number of hydrogen-bond acceptors (Lipinski definition) is 2. The minimum absolute atomic E-state index is 0.188. The van der Waals surface area contributed by atoms with Crippen molar-refractivity contribution in [2.75, 3.05) is 6.54 Å². The third-order valence-electron chi connectivity index (χ3n) is 3.80. The second-order valence-corrected chi connectivity index (χ2v) is 7.87. The van der Waals surface area contributed by atoms with E-state index in [4.69, 9.17) is 23.2 Å². The van der Waals surface area contributed by atoms with Crippen molar-refractivity contribution in [3.05, 3.63) is 33.8 Å². The van der Waals surface area contributed by atoms with Crippen LogP contribution in [0.5, 0.6) is 0 Å². The first kappa shape index (κ1) is 18.1. The van der Waals surface area contributed by atoms with E-state index in [0.717, 1.165) is 5.56 Å². The summed E-state index contributed by atoms with van der Waals surface area (Å²) in [5.74, 6) is -0.392. The average Bonchev–Trinajstić information content (AvgIpc) is 3.20. The summed E-state index contributed by atoms with van der Waals surface area (Å²) < 4.78 is 0. The van der Waals surface area contributed by atoms with Gasteiger partial charge in [0.25, 0.3) is 0 Å². The number of amides is 2. The van der Waals surface area contributed by atoms with Crippen molar-refractivity contribution < 1.29 is 9.59 Å². The summed E-state index contributed by atoms with van der Waals surface area (Å²) in [7, 11) is 0. The Hall–Kier alpha value is -1.26. The molecule has 0 spiro atoms. The largest absolute Gasteiger partial charge is 0.355 e. The lowest BCUT2D eigenvalue weighted by Gasteiger charge is -2.24. The van der Waals surface area contributed by atoms with Gasteiger partial charge in [-0.05, 0) is 57.7 Å². The first-order chi connectivity index (χ1) is 10.6. The number of rotatable bonds is 5. The first-order valence-electron chi connectivity index (χ1n) is 7.69. The maximum atomic E-state index is 12.4. The molecule has 1 aliphatic carbocycles. The van der Waals surface area contributed by atoms with Gasteiger partial charge in [-0.3, -0.25) is 9.59 Å². The van der Waals surface area contributed by atoms with E-state index in [9.17, 15) is 9.59 Å². The van der Waals surface area contributed by atoms with Gasteiger partial charge in [0, 0.05) is 22.1 Å². The molecule has 0 heterocycles. The Labute approximate surface area is 146 Å². The zero-order chi connectivity index (χ0) is 17.3. The van der Waals surface area contributed by atoms with Crippen molar-refractivity contribution in [2.24, 2.45) is 5.41 Å². The lowest BCUT2D eigenvalue weighted by molar-refractivity contribution is -0.138. The molecule has 0 aliphatic heterocycles. The zero-order valence-corrected chi connectivity index (χ0v) is 15.1. The molecule has 2 N–H and O–H groups in total. The van der Waals surface area contributed by atoms with Gasteiger partial charge < -0.3 is 10.6 Å². The highest BCUT2D eigenvalue weighted by atomic mass is 35.5. The zero-order valence-electron chi connectivity index (χ0n) is 13.6. The summed E-state index contributed by atoms with van der Waals surface area (Å²) >= 11 is 12.0. The Balaban J connectivity index is 1.88. The molecule has 126 valence electrons. The number of hydrogen-bond donors (Lipinski definition) is 2. The Morgan fingerprint density at radius 3 is 2.35 bits per heavy atom. The molecule has 0 unspecified atom stereocenters. The number of carbonyl (C=O) groups excluding carboxylic acids is 2. The van der Waals surface area contributed by atoms with E-state index in [1.807, 2.05) is 26.8 Å². The van der Waals surface area contributed by atoms with Gasteiger partial charge in [-0.25, -0.2) is 0 Å². The van der Waals surface area contributed by atoms with Crippen molar-refractivity contribution in [1.29, 1.82) is 0 Å². The predicted molar refractivity (Wildman–Crippen MR) is 92.7 cm³/mol. The molecule has 0 atom stereocenters. The molecule has 1 aromatic carbocycles. The van der Waals surface area contributed by atoms with Crippen LogP contribution in [0.2, 0.25) is 10.0 Å². The van der Waals surface area contributed by atoms with Crippen LogP contribution in [0, 0.1) is 5.41 Å². The quantitative estimate of drug-likeness (QED) is 0.794. The van der Waals surface area contributed by atoms with Gasteiger partial charge in [0.2, 0.25) is 11.8 Å². The Morgan fingerprint density at radius 1 is 1.17 bits per heavy atom. The smallest absolute Gasteiger partial charge is 0.236 e. The number of nitrogens with one attached hydrogen (secondary N) is 2.